The molecule has 0 heterocycles. The quantitative estimate of drug-likeness (QED) is 0.0222. The number of hydrogen-bond acceptors (Lipinski definition) is 15. The van der Waals surface area contributed by atoms with E-state index in [2.05, 4.69) is 55.4 Å². The maximum atomic E-state index is 13.1. The Morgan fingerprint density at radius 3 is 0.740 bits per heavy atom. The zero-order chi connectivity index (χ0) is 71.0. The first-order chi connectivity index (χ1) is 46.1. The first kappa shape index (κ1) is 94.1. The van der Waals surface area contributed by atoms with Crippen molar-refractivity contribution in [1.82, 2.24) is 0 Å². The first-order valence-electron chi connectivity index (χ1n) is 39.7. The minimum Gasteiger partial charge on any atom is -0.462 e. The standard InChI is InChI=1S/C77H150O17P2/c1-9-70(8)56-48-40-32-24-18-19-27-36-44-52-60-77(82)94-73(64-88-75(80)58-50-42-34-28-20-23-31-39-47-55-69(6)7)66-92-96(85,86)90-62-71(78)61-89-95(83,84)91-65-72(63-87-74(79)57-49-41-33-25-17-13-15-22-30-38-46-54-68(4)5)93-76(81)59-51-43-35-26-16-12-10-11-14-21-29-37-45-53-67(2)3/h67-73,78H,9-66H2,1-8H3,(H,83,84)(H,85,86)/t70?,71-,72-,73-/m1/s1. The summed E-state index contributed by atoms with van der Waals surface area (Å²) < 4.78 is 68.6. The summed E-state index contributed by atoms with van der Waals surface area (Å²) in [5, 5.41) is 10.6. The molecule has 0 spiro atoms. The highest BCUT2D eigenvalue weighted by Crippen LogP contribution is 2.45. The number of hydrogen-bond donors (Lipinski definition) is 3. The van der Waals surface area contributed by atoms with Gasteiger partial charge in [0.1, 0.15) is 19.3 Å². The molecule has 0 aliphatic rings. The van der Waals surface area contributed by atoms with Crippen LogP contribution >= 0.6 is 15.6 Å². The van der Waals surface area contributed by atoms with E-state index in [1.54, 1.807) is 0 Å². The van der Waals surface area contributed by atoms with Crippen LogP contribution in [0.1, 0.15) is 389 Å². The van der Waals surface area contributed by atoms with Crippen LogP contribution in [0.5, 0.6) is 0 Å². The van der Waals surface area contributed by atoms with Crippen molar-refractivity contribution in [3.05, 3.63) is 0 Å². The van der Waals surface area contributed by atoms with Gasteiger partial charge >= 0.3 is 39.5 Å². The maximum Gasteiger partial charge on any atom is 0.472 e. The van der Waals surface area contributed by atoms with Crippen molar-refractivity contribution >= 4 is 39.5 Å². The first-order valence-corrected chi connectivity index (χ1v) is 42.7. The van der Waals surface area contributed by atoms with E-state index in [9.17, 15) is 43.2 Å². The second-order valence-electron chi connectivity index (χ2n) is 29.4. The zero-order valence-electron chi connectivity index (χ0n) is 63.0. The molecule has 0 fully saturated rings. The highest BCUT2D eigenvalue weighted by molar-refractivity contribution is 7.47. The van der Waals surface area contributed by atoms with Gasteiger partial charge < -0.3 is 33.8 Å². The van der Waals surface area contributed by atoms with Gasteiger partial charge in [-0.25, -0.2) is 9.13 Å². The van der Waals surface area contributed by atoms with Crippen molar-refractivity contribution in [1.29, 1.82) is 0 Å². The van der Waals surface area contributed by atoms with E-state index in [0.717, 1.165) is 114 Å². The third-order valence-corrected chi connectivity index (χ3v) is 20.1. The van der Waals surface area contributed by atoms with Crippen molar-refractivity contribution < 1.29 is 80.2 Å². The Hall–Kier alpha value is -1.94. The molecule has 0 aliphatic heterocycles. The predicted octanol–water partition coefficient (Wildman–Crippen LogP) is 22.4. The number of rotatable bonds is 74. The Labute approximate surface area is 588 Å². The number of aliphatic hydroxyl groups excluding tert-OH is 1. The number of phosphoric acid groups is 2. The highest BCUT2D eigenvalue weighted by atomic mass is 31.2. The van der Waals surface area contributed by atoms with Crippen molar-refractivity contribution in [3.8, 4) is 0 Å². The lowest BCUT2D eigenvalue weighted by Gasteiger charge is -2.21. The van der Waals surface area contributed by atoms with Gasteiger partial charge in [-0.05, 0) is 49.4 Å². The highest BCUT2D eigenvalue weighted by Gasteiger charge is 2.30. The van der Waals surface area contributed by atoms with Gasteiger partial charge in [-0.3, -0.25) is 37.3 Å². The molecular formula is C77H150O17P2. The molecular weight excluding hydrogens is 1260 g/mol. The Kier molecular flexibility index (Phi) is 65.0. The summed E-state index contributed by atoms with van der Waals surface area (Å²) in [6.07, 6.45) is 51.2. The fourth-order valence-electron chi connectivity index (χ4n) is 11.7. The summed E-state index contributed by atoms with van der Waals surface area (Å²) in [5.74, 6) is 0.986. The number of unbranched alkanes of at least 4 members (excludes halogenated alkanes) is 39. The van der Waals surface area contributed by atoms with Gasteiger partial charge in [-0.2, -0.15) is 0 Å². The third-order valence-electron chi connectivity index (χ3n) is 18.2. The Bertz CT molecular complexity index is 1890. The fourth-order valence-corrected chi connectivity index (χ4v) is 13.3. The molecule has 0 aromatic carbocycles. The van der Waals surface area contributed by atoms with Crippen LogP contribution in [-0.4, -0.2) is 96.7 Å². The summed E-state index contributed by atoms with van der Waals surface area (Å²) in [4.78, 5) is 72.9. The van der Waals surface area contributed by atoms with Gasteiger partial charge in [0.15, 0.2) is 12.2 Å². The largest absolute Gasteiger partial charge is 0.472 e. The van der Waals surface area contributed by atoms with E-state index in [0.29, 0.717) is 25.7 Å². The Morgan fingerprint density at radius 1 is 0.292 bits per heavy atom. The van der Waals surface area contributed by atoms with Gasteiger partial charge in [0, 0.05) is 25.7 Å². The van der Waals surface area contributed by atoms with Crippen LogP contribution in [0.25, 0.3) is 0 Å². The number of esters is 4. The number of ether oxygens (including phenoxy) is 4. The topological polar surface area (TPSA) is 237 Å². The number of phosphoric ester groups is 2. The molecule has 0 saturated heterocycles. The molecule has 0 radical (unpaired) electrons. The third kappa shape index (κ3) is 69.2. The normalized spacial score (nSPS) is 14.4. The number of aliphatic hydroxyl groups is 1. The summed E-state index contributed by atoms with van der Waals surface area (Å²) in [5.41, 5.74) is 0. The summed E-state index contributed by atoms with van der Waals surface area (Å²) >= 11 is 0. The predicted molar refractivity (Wildman–Crippen MR) is 391 cm³/mol. The molecule has 570 valence electrons. The van der Waals surface area contributed by atoms with E-state index in [-0.39, 0.29) is 25.7 Å². The minimum atomic E-state index is -4.96. The van der Waals surface area contributed by atoms with Crippen LogP contribution < -0.4 is 0 Å². The lowest BCUT2D eigenvalue weighted by Crippen LogP contribution is -2.30. The molecule has 17 nitrogen and oxygen atoms in total. The monoisotopic (exact) mass is 1410 g/mol. The average molecular weight is 1410 g/mol. The Morgan fingerprint density at radius 2 is 0.500 bits per heavy atom. The molecule has 0 amide bonds. The van der Waals surface area contributed by atoms with Crippen LogP contribution in [0.4, 0.5) is 0 Å². The molecule has 6 atom stereocenters. The molecule has 0 bridgehead atoms. The van der Waals surface area contributed by atoms with Crippen molar-refractivity contribution in [2.24, 2.45) is 23.7 Å². The van der Waals surface area contributed by atoms with Gasteiger partial charge in [-0.1, -0.05) is 338 Å². The van der Waals surface area contributed by atoms with E-state index in [4.69, 9.17) is 37.0 Å². The minimum absolute atomic E-state index is 0.105. The molecule has 96 heavy (non-hydrogen) atoms. The smallest absolute Gasteiger partial charge is 0.462 e. The summed E-state index contributed by atoms with van der Waals surface area (Å²) in [6.45, 7) is 14.2. The van der Waals surface area contributed by atoms with Gasteiger partial charge in [-0.15, -0.1) is 0 Å². The van der Waals surface area contributed by atoms with Gasteiger partial charge in [0.05, 0.1) is 26.4 Å². The summed E-state index contributed by atoms with van der Waals surface area (Å²) in [6, 6.07) is 0. The molecule has 3 unspecified atom stereocenters. The molecule has 0 rings (SSSR count). The van der Waals surface area contributed by atoms with Crippen molar-refractivity contribution in [2.75, 3.05) is 39.6 Å². The van der Waals surface area contributed by atoms with Gasteiger partial charge in [0.2, 0.25) is 0 Å². The van der Waals surface area contributed by atoms with Crippen LogP contribution in [0.3, 0.4) is 0 Å². The lowest BCUT2D eigenvalue weighted by atomic mass is 9.99. The van der Waals surface area contributed by atoms with Crippen LogP contribution in [0, 0.1) is 23.7 Å². The molecule has 0 aromatic rings. The Balaban J connectivity index is 5.28. The molecule has 0 saturated carbocycles. The lowest BCUT2D eigenvalue weighted by molar-refractivity contribution is -0.161. The van der Waals surface area contributed by atoms with Crippen LogP contribution in [0.2, 0.25) is 0 Å². The fraction of sp³-hybridized carbons (Fsp3) is 0.948. The average Bonchev–Trinajstić information content (AvgIpc) is 1.10. The summed E-state index contributed by atoms with van der Waals surface area (Å²) in [7, 11) is -9.92. The molecule has 0 aliphatic carbocycles. The molecule has 3 N–H and O–H groups in total. The zero-order valence-corrected chi connectivity index (χ0v) is 64.8. The van der Waals surface area contributed by atoms with Crippen LogP contribution in [-0.2, 0) is 65.4 Å². The van der Waals surface area contributed by atoms with Crippen LogP contribution in [0.15, 0.2) is 0 Å². The SMILES string of the molecule is CCC(C)CCCCCCCCCCCCC(=O)O[C@H](COC(=O)CCCCCCCCCCCC(C)C)COP(=O)(O)OC[C@H](O)COP(=O)(O)OC[C@@H](COC(=O)CCCCCCCCCCCCCC(C)C)OC(=O)CCCCCCCCCCCCCCCC(C)C. The molecule has 0 aromatic heterocycles. The van der Waals surface area contributed by atoms with E-state index < -0.39 is 97.5 Å². The van der Waals surface area contributed by atoms with Crippen molar-refractivity contribution in [2.45, 2.75) is 408 Å². The maximum absolute atomic E-state index is 13.1. The number of carbonyl (C=O) groups excluding carboxylic acids is 4. The second-order valence-corrected chi connectivity index (χ2v) is 32.3. The number of carbonyl (C=O) groups is 4. The van der Waals surface area contributed by atoms with E-state index >= 15 is 0 Å². The van der Waals surface area contributed by atoms with E-state index in [1.807, 2.05) is 0 Å². The van der Waals surface area contributed by atoms with E-state index in [1.165, 1.54) is 193 Å². The van der Waals surface area contributed by atoms with Gasteiger partial charge in [0.25, 0.3) is 0 Å². The van der Waals surface area contributed by atoms with Crippen molar-refractivity contribution in [3.63, 3.8) is 0 Å². The second kappa shape index (κ2) is 66.3. The molecule has 19 heteroatoms.